The fourth-order valence-electron chi connectivity index (χ4n) is 1.40. The van der Waals surface area contributed by atoms with Gasteiger partial charge >= 0.3 is 6.09 Å². The van der Waals surface area contributed by atoms with Gasteiger partial charge in [-0.1, -0.05) is 11.6 Å². The number of ether oxygens (including phenoxy) is 1. The third-order valence-corrected chi connectivity index (χ3v) is 2.78. The van der Waals surface area contributed by atoms with Gasteiger partial charge in [0.05, 0.1) is 10.7 Å². The predicted octanol–water partition coefficient (Wildman–Crippen LogP) is 3.49. The molecule has 0 aliphatic rings. The largest absolute Gasteiger partial charge is 0.444 e. The summed E-state index contributed by atoms with van der Waals surface area (Å²) in [7, 11) is 0. The van der Waals surface area contributed by atoms with Crippen LogP contribution in [0.15, 0.2) is 16.7 Å². The smallest absolute Gasteiger partial charge is 0.413 e. The standard InChI is InChI=1S/C11H12BrClN4O2/c1-11(2,3)19-10(18)16-8-4-7(13)15-9-6(12)5-14-17(8)9/h4-5H,1-3H3,(H,16,18). The molecule has 19 heavy (non-hydrogen) atoms. The van der Waals surface area contributed by atoms with Crippen molar-refractivity contribution in [3.05, 3.63) is 21.9 Å². The first-order valence-electron chi connectivity index (χ1n) is 5.46. The van der Waals surface area contributed by atoms with Crippen LogP contribution in [0.3, 0.4) is 0 Å². The van der Waals surface area contributed by atoms with Crippen LogP contribution >= 0.6 is 27.5 Å². The second kappa shape index (κ2) is 4.97. The van der Waals surface area contributed by atoms with Crippen LogP contribution in [0.25, 0.3) is 5.65 Å². The summed E-state index contributed by atoms with van der Waals surface area (Å²) in [4.78, 5) is 15.8. The van der Waals surface area contributed by atoms with Crippen molar-refractivity contribution in [2.24, 2.45) is 0 Å². The number of carbonyl (C=O) groups is 1. The molecule has 2 aromatic rings. The molecule has 2 rings (SSSR count). The van der Waals surface area contributed by atoms with Crippen molar-refractivity contribution in [3.63, 3.8) is 0 Å². The number of fused-ring (bicyclic) bond motifs is 1. The van der Waals surface area contributed by atoms with Crippen molar-refractivity contribution >= 4 is 45.1 Å². The minimum atomic E-state index is -0.581. The second-order valence-electron chi connectivity index (χ2n) is 4.82. The van der Waals surface area contributed by atoms with Crippen LogP contribution in [0.4, 0.5) is 10.6 Å². The van der Waals surface area contributed by atoms with E-state index in [1.807, 2.05) is 0 Å². The Balaban J connectivity index is 2.33. The lowest BCUT2D eigenvalue weighted by Gasteiger charge is -2.19. The summed E-state index contributed by atoms with van der Waals surface area (Å²) in [6.07, 6.45) is 0.988. The molecule has 0 saturated carbocycles. The van der Waals surface area contributed by atoms with E-state index in [1.54, 1.807) is 27.0 Å². The quantitative estimate of drug-likeness (QED) is 0.802. The Kier molecular flexibility index (Phi) is 3.69. The molecule has 102 valence electrons. The van der Waals surface area contributed by atoms with E-state index in [-0.39, 0.29) is 5.15 Å². The monoisotopic (exact) mass is 346 g/mol. The maximum Gasteiger partial charge on any atom is 0.413 e. The van der Waals surface area contributed by atoms with Gasteiger partial charge < -0.3 is 4.74 Å². The number of hydrogen-bond donors (Lipinski definition) is 1. The van der Waals surface area contributed by atoms with E-state index in [9.17, 15) is 4.79 Å². The second-order valence-corrected chi connectivity index (χ2v) is 6.06. The van der Waals surface area contributed by atoms with E-state index in [0.717, 1.165) is 0 Å². The number of nitrogens with zero attached hydrogens (tertiary/aromatic N) is 3. The van der Waals surface area contributed by atoms with E-state index in [1.165, 1.54) is 10.6 Å². The highest BCUT2D eigenvalue weighted by Gasteiger charge is 2.18. The molecule has 0 aromatic carbocycles. The normalized spacial score (nSPS) is 11.6. The maximum absolute atomic E-state index is 11.7. The van der Waals surface area contributed by atoms with Crippen molar-refractivity contribution in [2.75, 3.05) is 5.32 Å². The lowest BCUT2D eigenvalue weighted by atomic mass is 10.2. The van der Waals surface area contributed by atoms with E-state index < -0.39 is 11.7 Å². The van der Waals surface area contributed by atoms with Gasteiger partial charge in [-0.25, -0.2) is 9.78 Å². The first kappa shape index (κ1) is 14.1. The van der Waals surface area contributed by atoms with E-state index in [0.29, 0.717) is 15.9 Å². The molecule has 0 fully saturated rings. The summed E-state index contributed by atoms with van der Waals surface area (Å²) >= 11 is 9.21. The van der Waals surface area contributed by atoms with Crippen LogP contribution in [0.5, 0.6) is 0 Å². The van der Waals surface area contributed by atoms with E-state index in [4.69, 9.17) is 16.3 Å². The molecule has 0 bridgehead atoms. The summed E-state index contributed by atoms with van der Waals surface area (Å²) in [6, 6.07) is 1.50. The number of hydrogen-bond acceptors (Lipinski definition) is 4. The number of nitrogens with one attached hydrogen (secondary N) is 1. The van der Waals surface area contributed by atoms with Crippen LogP contribution < -0.4 is 5.32 Å². The van der Waals surface area contributed by atoms with Gasteiger partial charge in [-0.2, -0.15) is 9.61 Å². The molecule has 6 nitrogen and oxygen atoms in total. The Morgan fingerprint density at radius 1 is 1.53 bits per heavy atom. The van der Waals surface area contributed by atoms with Crippen LogP contribution in [0.1, 0.15) is 20.8 Å². The molecule has 2 heterocycles. The number of anilines is 1. The van der Waals surface area contributed by atoms with Gasteiger partial charge in [-0.3, -0.25) is 5.32 Å². The maximum atomic E-state index is 11.7. The molecule has 0 aliphatic carbocycles. The lowest BCUT2D eigenvalue weighted by molar-refractivity contribution is 0.0635. The zero-order valence-corrected chi connectivity index (χ0v) is 12.9. The summed E-state index contributed by atoms with van der Waals surface area (Å²) in [5.41, 5.74) is -0.0661. The van der Waals surface area contributed by atoms with Gasteiger partial charge in [-0.05, 0) is 36.7 Å². The highest BCUT2D eigenvalue weighted by Crippen LogP contribution is 2.22. The van der Waals surface area contributed by atoms with Gasteiger partial charge in [0.25, 0.3) is 0 Å². The summed E-state index contributed by atoms with van der Waals surface area (Å²) in [5, 5.41) is 6.93. The topological polar surface area (TPSA) is 68.5 Å². The van der Waals surface area contributed by atoms with Gasteiger partial charge in [0.2, 0.25) is 0 Å². The average molecular weight is 348 g/mol. The summed E-state index contributed by atoms with van der Waals surface area (Å²) in [5.74, 6) is 0.384. The van der Waals surface area contributed by atoms with Crippen LogP contribution in [0.2, 0.25) is 5.15 Å². The highest BCUT2D eigenvalue weighted by atomic mass is 79.9. The number of amides is 1. The van der Waals surface area contributed by atoms with Gasteiger partial charge in [0.1, 0.15) is 16.6 Å². The minimum absolute atomic E-state index is 0.250. The van der Waals surface area contributed by atoms with Crippen molar-refractivity contribution < 1.29 is 9.53 Å². The molecule has 0 aliphatic heterocycles. The van der Waals surface area contributed by atoms with Crippen molar-refractivity contribution in [3.8, 4) is 0 Å². The first-order valence-corrected chi connectivity index (χ1v) is 6.63. The first-order chi connectivity index (χ1) is 8.76. The Hall–Kier alpha value is -1.34. The molecule has 0 radical (unpaired) electrons. The van der Waals surface area contributed by atoms with Crippen molar-refractivity contribution in [1.82, 2.24) is 14.6 Å². The summed E-state index contributed by atoms with van der Waals surface area (Å²) < 4.78 is 7.31. The molecule has 2 aromatic heterocycles. The third-order valence-electron chi connectivity index (χ3n) is 2.03. The fourth-order valence-corrected chi connectivity index (χ4v) is 1.94. The lowest BCUT2D eigenvalue weighted by Crippen LogP contribution is -2.28. The third kappa shape index (κ3) is 3.36. The number of rotatable bonds is 1. The Morgan fingerprint density at radius 3 is 2.84 bits per heavy atom. The number of carbonyl (C=O) groups excluding carboxylic acids is 1. The molecular weight excluding hydrogens is 336 g/mol. The fraction of sp³-hybridized carbons (Fsp3) is 0.364. The minimum Gasteiger partial charge on any atom is -0.444 e. The van der Waals surface area contributed by atoms with Gasteiger partial charge in [0.15, 0.2) is 5.65 Å². The Labute approximate surface area is 123 Å². The predicted molar refractivity (Wildman–Crippen MR) is 75.6 cm³/mol. The molecule has 0 spiro atoms. The van der Waals surface area contributed by atoms with Gasteiger partial charge in [0, 0.05) is 6.07 Å². The highest BCUT2D eigenvalue weighted by molar-refractivity contribution is 9.10. The van der Waals surface area contributed by atoms with Crippen molar-refractivity contribution in [2.45, 2.75) is 26.4 Å². The number of aromatic nitrogens is 3. The van der Waals surface area contributed by atoms with Crippen LogP contribution in [-0.2, 0) is 4.74 Å². The molecule has 8 heteroatoms. The number of halogens is 2. The Morgan fingerprint density at radius 2 is 2.21 bits per heavy atom. The van der Waals surface area contributed by atoms with E-state index >= 15 is 0 Å². The average Bonchev–Trinajstić information content (AvgIpc) is 2.57. The van der Waals surface area contributed by atoms with Gasteiger partial charge in [-0.15, -0.1) is 0 Å². The molecule has 0 saturated heterocycles. The molecule has 1 N–H and O–H groups in total. The zero-order chi connectivity index (χ0) is 14.2. The molecule has 0 atom stereocenters. The van der Waals surface area contributed by atoms with E-state index in [2.05, 4.69) is 31.3 Å². The summed E-state index contributed by atoms with van der Waals surface area (Å²) in [6.45, 7) is 5.35. The van der Waals surface area contributed by atoms with Crippen LogP contribution in [0, 0.1) is 0 Å². The zero-order valence-electron chi connectivity index (χ0n) is 10.6. The van der Waals surface area contributed by atoms with Crippen molar-refractivity contribution in [1.29, 1.82) is 0 Å². The molecular formula is C11H12BrClN4O2. The van der Waals surface area contributed by atoms with Crippen LogP contribution in [-0.4, -0.2) is 26.3 Å². The SMILES string of the molecule is CC(C)(C)OC(=O)Nc1cc(Cl)nc2c(Br)cnn12. The Bertz CT molecular complexity index is 635. The molecule has 1 amide bonds. The molecule has 0 unspecified atom stereocenters.